The molecule has 3 saturated heterocycles. The van der Waals surface area contributed by atoms with E-state index in [2.05, 4.69) is 27.8 Å². The molecule has 0 spiro atoms. The van der Waals surface area contributed by atoms with Gasteiger partial charge in [0.25, 0.3) is 0 Å². The predicted octanol–water partition coefficient (Wildman–Crippen LogP) is 2.49. The highest BCUT2D eigenvalue weighted by molar-refractivity contribution is 6.03. The van der Waals surface area contributed by atoms with Crippen molar-refractivity contribution < 1.29 is 47.1 Å². The first kappa shape index (κ1) is 42.3. The Morgan fingerprint density at radius 2 is 1.56 bits per heavy atom. The van der Waals surface area contributed by atoms with Gasteiger partial charge in [0.15, 0.2) is 0 Å². The Bertz CT molecular complexity index is 1920. The summed E-state index contributed by atoms with van der Waals surface area (Å²) in [5, 5.41) is 10.3. The molecule has 2 aromatic carbocycles. The molecule has 15 nitrogen and oxygen atoms in total. The summed E-state index contributed by atoms with van der Waals surface area (Å²) in [6, 6.07) is 0.573. The molecule has 2 aromatic rings. The van der Waals surface area contributed by atoms with Crippen molar-refractivity contribution in [2.45, 2.75) is 96.2 Å². The second-order valence-corrected chi connectivity index (χ2v) is 15.1. The summed E-state index contributed by atoms with van der Waals surface area (Å²) >= 11 is 0. The molecule has 0 saturated carbocycles. The van der Waals surface area contributed by atoms with Gasteiger partial charge < -0.3 is 40.7 Å². The number of aryl methyl sites for hydroxylation is 1. The number of likely N-dealkylation sites (N-methyl/N-ethyl adjacent to an activating group) is 1. The van der Waals surface area contributed by atoms with Crippen molar-refractivity contribution in [3.63, 3.8) is 0 Å². The van der Waals surface area contributed by atoms with Crippen LogP contribution in [0.1, 0.15) is 58.1 Å². The second-order valence-electron chi connectivity index (χ2n) is 15.1. The second kappa shape index (κ2) is 17.5. The highest BCUT2D eigenvalue weighted by Gasteiger charge is 2.46. The number of rotatable bonds is 6. The zero-order valence-electron chi connectivity index (χ0n) is 32.8. The number of hydrogen-bond acceptors (Lipinski definition) is 8. The highest BCUT2D eigenvalue weighted by atomic mass is 19.1. The predicted molar refractivity (Wildman–Crippen MR) is 204 cm³/mol. The lowest BCUT2D eigenvalue weighted by Crippen LogP contribution is -2.62. The number of hydrogen-bond donors (Lipinski definition) is 4. The van der Waals surface area contributed by atoms with E-state index in [0.717, 1.165) is 17.7 Å². The van der Waals surface area contributed by atoms with Crippen molar-refractivity contribution in [3.05, 3.63) is 71.8 Å². The number of ether oxygens (including phenoxy) is 1. The van der Waals surface area contributed by atoms with Crippen LogP contribution < -0.4 is 21.3 Å². The average Bonchev–Trinajstić information content (AvgIpc) is 3.81. The van der Waals surface area contributed by atoms with Crippen LogP contribution in [0.15, 0.2) is 49.0 Å². The molecule has 306 valence electrons. The van der Waals surface area contributed by atoms with Crippen LogP contribution in [0, 0.1) is 24.5 Å². The molecule has 7 amide bonds. The van der Waals surface area contributed by atoms with Gasteiger partial charge in [-0.15, -0.1) is 0 Å². The number of carbonyl (C=O) groups excluding carboxylic acids is 7. The lowest BCUT2D eigenvalue weighted by molar-refractivity contribution is -0.162. The number of esters is 1. The van der Waals surface area contributed by atoms with Crippen LogP contribution in [-0.2, 0) is 33.5 Å². The number of nitrogens with one attached hydrogen (secondary N) is 4. The van der Waals surface area contributed by atoms with Gasteiger partial charge in [0.1, 0.15) is 54.0 Å². The third kappa shape index (κ3) is 9.57. The normalized spacial score (nSPS) is 26.6. The molecule has 3 aliphatic heterocycles. The molecule has 8 atom stereocenters. The van der Waals surface area contributed by atoms with Crippen molar-refractivity contribution in [2.75, 3.05) is 25.5 Å². The topological polar surface area (TPSA) is 187 Å². The van der Waals surface area contributed by atoms with Gasteiger partial charge in [-0.3, -0.25) is 24.0 Å². The summed E-state index contributed by atoms with van der Waals surface area (Å²) in [4.78, 5) is 101. The molecule has 0 bridgehead atoms. The lowest BCUT2D eigenvalue weighted by atomic mass is 9.98. The zero-order chi connectivity index (χ0) is 41.9. The molecule has 17 heteroatoms. The van der Waals surface area contributed by atoms with Crippen LogP contribution in [0.3, 0.4) is 0 Å². The molecule has 3 aliphatic rings. The number of nitrogens with zero attached hydrogens (tertiary/aromatic N) is 3. The molecule has 3 fully saturated rings. The smallest absolute Gasteiger partial charge is 0.329 e. The molecule has 57 heavy (non-hydrogen) atoms. The van der Waals surface area contributed by atoms with E-state index in [1.165, 1.54) is 42.5 Å². The van der Waals surface area contributed by atoms with Gasteiger partial charge in [0.05, 0.1) is 0 Å². The number of urea groups is 1. The largest absolute Gasteiger partial charge is 0.458 e. The Morgan fingerprint density at radius 3 is 2.21 bits per heavy atom. The van der Waals surface area contributed by atoms with Crippen molar-refractivity contribution in [3.8, 4) is 0 Å². The monoisotopic (exact) mass is 793 g/mol. The number of amides is 7. The van der Waals surface area contributed by atoms with E-state index in [4.69, 9.17) is 4.74 Å². The van der Waals surface area contributed by atoms with Crippen molar-refractivity contribution in [2.24, 2.45) is 5.92 Å². The van der Waals surface area contributed by atoms with E-state index < -0.39 is 95.5 Å². The maximum Gasteiger partial charge on any atom is 0.329 e. The molecule has 0 aliphatic carbocycles. The number of anilines is 1. The number of fused-ring (bicyclic) bond motifs is 2. The fraction of sp³-hybridized carbons (Fsp3) is 0.475. The molecule has 2 unspecified atom stereocenters. The van der Waals surface area contributed by atoms with Crippen LogP contribution in [0.2, 0.25) is 0 Å². The van der Waals surface area contributed by atoms with E-state index in [9.17, 15) is 42.3 Å². The average molecular weight is 794 g/mol. The summed E-state index contributed by atoms with van der Waals surface area (Å²) in [6.07, 6.45) is -0.594. The standard InChI is InChI=1S/C40H49F2N7O8/c1-20-10-12-29(13-11-20)44-40(56)46-32(22(3)26-16-27(41)18-28(42)17-26)35(51)45-33-25(6)57-39(55)31-15-21(2)19-49(31)36(52)23(4)43-34(50)24(5)47(7)37(53)30-9-8-14-48(30)38(33)54/h10-13,16-18,21,23-25,30-33H,3,8-9,14-15,19H2,1-2,4-7H3,(H,43,50)(H,45,51)(H2,44,46,56)/t21-,23?,24-,25-,30-,31?,32-,33-/m0/s1. The molecule has 4 N–H and O–H groups in total. The van der Waals surface area contributed by atoms with Crippen molar-refractivity contribution in [1.82, 2.24) is 30.7 Å². The molecule has 0 aromatic heterocycles. The quantitative estimate of drug-likeness (QED) is 0.322. The fourth-order valence-corrected chi connectivity index (χ4v) is 7.32. The molecule has 3 heterocycles. The summed E-state index contributed by atoms with van der Waals surface area (Å²) in [6.45, 7) is 12.1. The fourth-order valence-electron chi connectivity index (χ4n) is 7.32. The maximum absolute atomic E-state index is 14.6. The van der Waals surface area contributed by atoms with E-state index in [1.54, 1.807) is 24.3 Å². The molecular formula is C40H49F2N7O8. The van der Waals surface area contributed by atoms with Crippen LogP contribution in [0.5, 0.6) is 0 Å². The Kier molecular flexibility index (Phi) is 13.0. The van der Waals surface area contributed by atoms with Crippen LogP contribution in [0.25, 0.3) is 5.57 Å². The number of carbonyl (C=O) groups is 7. The van der Waals surface area contributed by atoms with E-state index in [-0.39, 0.29) is 43.0 Å². The van der Waals surface area contributed by atoms with Gasteiger partial charge in [-0.1, -0.05) is 31.2 Å². The Morgan fingerprint density at radius 1 is 0.912 bits per heavy atom. The van der Waals surface area contributed by atoms with Crippen LogP contribution in [-0.4, -0.2) is 119 Å². The number of cyclic esters (lactones) is 1. The minimum absolute atomic E-state index is 0.0755. The van der Waals surface area contributed by atoms with Crippen LogP contribution in [0.4, 0.5) is 19.3 Å². The van der Waals surface area contributed by atoms with Gasteiger partial charge in [-0.05, 0) is 88.3 Å². The first-order valence-electron chi connectivity index (χ1n) is 18.8. The van der Waals surface area contributed by atoms with Crippen molar-refractivity contribution >= 4 is 52.8 Å². The number of halogens is 2. The first-order chi connectivity index (χ1) is 26.9. The van der Waals surface area contributed by atoms with Gasteiger partial charge in [0, 0.05) is 31.9 Å². The minimum atomic E-state index is -1.75. The SMILES string of the molecule is C=C(c1cc(F)cc(F)c1)[C@H](NC(=O)Nc1ccc(C)cc1)C(=O)N[C@@H]1C(=O)N2CCC[C@H]2C(=O)N(C)[C@@H](C)C(=O)NC(C)C(=O)N2C[C@@H](C)CC2C(=O)O[C@H]1C. The third-order valence-corrected chi connectivity index (χ3v) is 10.7. The Hall–Kier alpha value is -5.87. The summed E-state index contributed by atoms with van der Waals surface area (Å²) < 4.78 is 34.6. The maximum atomic E-state index is 14.6. The Labute approximate surface area is 329 Å². The highest BCUT2D eigenvalue weighted by Crippen LogP contribution is 2.28. The third-order valence-electron chi connectivity index (χ3n) is 10.7. The number of benzene rings is 2. The lowest BCUT2D eigenvalue weighted by Gasteiger charge is -2.36. The molecular weight excluding hydrogens is 744 g/mol. The Balaban J connectivity index is 1.52. The summed E-state index contributed by atoms with van der Waals surface area (Å²) in [5.41, 5.74) is 0.852. The van der Waals surface area contributed by atoms with Crippen molar-refractivity contribution in [1.29, 1.82) is 0 Å². The summed E-state index contributed by atoms with van der Waals surface area (Å²) in [7, 11) is 1.41. The molecule has 5 rings (SSSR count). The minimum Gasteiger partial charge on any atom is -0.458 e. The zero-order valence-corrected chi connectivity index (χ0v) is 32.8. The van der Waals surface area contributed by atoms with E-state index in [1.807, 2.05) is 13.8 Å². The van der Waals surface area contributed by atoms with E-state index >= 15 is 0 Å². The van der Waals surface area contributed by atoms with Gasteiger partial charge in [-0.25, -0.2) is 18.4 Å². The van der Waals surface area contributed by atoms with Gasteiger partial charge >= 0.3 is 12.0 Å². The van der Waals surface area contributed by atoms with Gasteiger partial charge in [0.2, 0.25) is 29.5 Å². The van der Waals surface area contributed by atoms with Crippen LogP contribution >= 0.6 is 0 Å². The first-order valence-corrected chi connectivity index (χ1v) is 18.8. The van der Waals surface area contributed by atoms with E-state index in [0.29, 0.717) is 18.2 Å². The summed E-state index contributed by atoms with van der Waals surface area (Å²) in [5.74, 6) is -6.59. The molecule has 0 radical (unpaired) electrons. The van der Waals surface area contributed by atoms with Gasteiger partial charge in [-0.2, -0.15) is 0 Å².